The molecule has 0 bridgehead atoms. The summed E-state index contributed by atoms with van der Waals surface area (Å²) in [4.78, 5) is 9.84. The van der Waals surface area contributed by atoms with Gasteiger partial charge >= 0.3 is 0 Å². The minimum absolute atomic E-state index is 0.209. The van der Waals surface area contributed by atoms with Crippen LogP contribution in [0.1, 0.15) is 16.5 Å². The Bertz CT molecular complexity index is 449. The Morgan fingerprint density at radius 2 is 2.25 bits per heavy atom. The van der Waals surface area contributed by atoms with Crippen LogP contribution in [0.5, 0.6) is 0 Å². The van der Waals surface area contributed by atoms with Gasteiger partial charge in [0.05, 0.1) is 0 Å². The number of rotatable bonds is 3. The molecule has 1 aliphatic heterocycles. The molecular formula is C9H9N2O4S-. The Morgan fingerprint density at radius 3 is 2.88 bits per heavy atom. The fraction of sp³-hybridized carbons (Fsp3) is 0.333. The smallest absolute Gasteiger partial charge is 0.298 e. The van der Waals surface area contributed by atoms with Crippen LogP contribution in [0, 0.1) is 10.1 Å². The van der Waals surface area contributed by atoms with Crippen molar-refractivity contribution in [3.63, 3.8) is 0 Å². The van der Waals surface area contributed by atoms with E-state index < -0.39 is 21.4 Å². The van der Waals surface area contributed by atoms with Crippen molar-refractivity contribution < 1.29 is 13.7 Å². The van der Waals surface area contributed by atoms with Crippen molar-refractivity contribution in [2.24, 2.45) is 0 Å². The van der Waals surface area contributed by atoms with E-state index in [4.69, 9.17) is 0 Å². The van der Waals surface area contributed by atoms with Gasteiger partial charge in [-0.2, -0.15) is 0 Å². The summed E-state index contributed by atoms with van der Waals surface area (Å²) in [6.45, 7) is 0.780. The molecule has 0 aromatic heterocycles. The maximum Gasteiger partial charge on any atom is 0.298 e. The average molecular weight is 241 g/mol. The summed E-state index contributed by atoms with van der Waals surface area (Å²) in [5, 5.41) is 12.1. The summed E-state index contributed by atoms with van der Waals surface area (Å²) in [5.41, 5.74) is 2.05. The van der Waals surface area contributed by atoms with Crippen molar-refractivity contribution in [2.45, 2.75) is 11.8 Å². The minimum Gasteiger partial charge on any atom is -0.767 e. The molecule has 0 fully saturated rings. The third-order valence-electron chi connectivity index (χ3n) is 2.50. The van der Waals surface area contributed by atoms with Crippen LogP contribution in [-0.2, 0) is 17.5 Å². The van der Waals surface area contributed by atoms with Crippen molar-refractivity contribution in [3.8, 4) is 0 Å². The van der Waals surface area contributed by atoms with E-state index in [1.54, 1.807) is 12.1 Å². The predicted octanol–water partition coefficient (Wildman–Crippen LogP) is 0.809. The molecule has 16 heavy (non-hydrogen) atoms. The number of benzene rings is 1. The number of nitrogens with zero attached hydrogens (tertiary/aromatic N) is 1. The number of nitrogens with one attached hydrogen (secondary N) is 1. The maximum atomic E-state index is 10.8. The standard InChI is InChI=1S/C9H10N2O4S/c12-11(13)9(16(14)15)7-1-2-8-6(5-7)3-4-10-8/h1-2,5,9-10H,3-4H2,(H,14,15)/p-1. The molecule has 86 valence electrons. The molecule has 2 unspecified atom stereocenters. The van der Waals surface area contributed by atoms with E-state index in [9.17, 15) is 18.9 Å². The Hall–Kier alpha value is -1.47. The van der Waals surface area contributed by atoms with Gasteiger partial charge in [0.2, 0.25) is 0 Å². The van der Waals surface area contributed by atoms with Crippen LogP contribution in [0.3, 0.4) is 0 Å². The first-order valence-electron chi connectivity index (χ1n) is 4.68. The highest BCUT2D eigenvalue weighted by Gasteiger charge is 2.25. The third kappa shape index (κ3) is 1.91. The van der Waals surface area contributed by atoms with Gasteiger partial charge in [-0.1, -0.05) is 0 Å². The summed E-state index contributed by atoms with van der Waals surface area (Å²) in [5.74, 6) is 0. The number of fused-ring (bicyclic) bond motifs is 1. The van der Waals surface area contributed by atoms with E-state index in [1.807, 2.05) is 0 Å². The van der Waals surface area contributed by atoms with E-state index in [2.05, 4.69) is 5.32 Å². The van der Waals surface area contributed by atoms with E-state index in [-0.39, 0.29) is 5.56 Å². The zero-order chi connectivity index (χ0) is 11.7. The van der Waals surface area contributed by atoms with Crippen LogP contribution in [0.15, 0.2) is 18.2 Å². The van der Waals surface area contributed by atoms with Crippen molar-refractivity contribution in [1.82, 2.24) is 0 Å². The second kappa shape index (κ2) is 4.18. The number of hydrogen-bond donors (Lipinski definition) is 1. The average Bonchev–Trinajstić information content (AvgIpc) is 2.63. The van der Waals surface area contributed by atoms with Gasteiger partial charge < -0.3 is 9.87 Å². The molecule has 0 saturated carbocycles. The molecule has 0 aliphatic carbocycles. The quantitative estimate of drug-likeness (QED) is 0.480. The monoisotopic (exact) mass is 241 g/mol. The second-order valence-corrected chi connectivity index (χ2v) is 4.46. The topological polar surface area (TPSA) is 95.3 Å². The molecule has 1 aromatic rings. The first kappa shape index (κ1) is 11.0. The van der Waals surface area contributed by atoms with Crippen molar-refractivity contribution in [3.05, 3.63) is 39.4 Å². The molecule has 6 nitrogen and oxygen atoms in total. The fourth-order valence-corrected chi connectivity index (χ4v) is 2.29. The highest BCUT2D eigenvalue weighted by Crippen LogP contribution is 2.27. The van der Waals surface area contributed by atoms with Gasteiger partial charge in [0, 0.05) is 33.8 Å². The lowest BCUT2D eigenvalue weighted by Gasteiger charge is -2.13. The van der Waals surface area contributed by atoms with Crippen LogP contribution in [0.25, 0.3) is 0 Å². The van der Waals surface area contributed by atoms with Crippen LogP contribution >= 0.6 is 0 Å². The Labute approximate surface area is 94.1 Å². The Kier molecular flexibility index (Phi) is 2.88. The molecular weight excluding hydrogens is 232 g/mol. The molecule has 7 heteroatoms. The SMILES string of the molecule is O=[N+]([O-])C(c1ccc2c(c1)CCN2)S(=O)[O-]. The normalized spacial score (nSPS) is 17.3. The van der Waals surface area contributed by atoms with Crippen molar-refractivity contribution in [2.75, 3.05) is 11.9 Å². The highest BCUT2D eigenvalue weighted by atomic mass is 32.2. The van der Waals surface area contributed by atoms with Crippen LogP contribution in [0.4, 0.5) is 5.69 Å². The van der Waals surface area contributed by atoms with Gasteiger partial charge in [-0.3, -0.25) is 14.3 Å². The Morgan fingerprint density at radius 1 is 1.50 bits per heavy atom. The van der Waals surface area contributed by atoms with Gasteiger partial charge in [-0.15, -0.1) is 0 Å². The number of anilines is 1. The lowest BCUT2D eigenvalue weighted by molar-refractivity contribution is -0.502. The van der Waals surface area contributed by atoms with Crippen molar-refractivity contribution >= 4 is 16.8 Å². The minimum atomic E-state index is -2.75. The van der Waals surface area contributed by atoms with Gasteiger partial charge in [0.1, 0.15) is 0 Å². The molecule has 2 atom stereocenters. The molecule has 0 spiro atoms. The molecule has 1 N–H and O–H groups in total. The molecule has 1 aromatic carbocycles. The zero-order valence-electron chi connectivity index (χ0n) is 8.21. The summed E-state index contributed by atoms with van der Waals surface area (Å²) in [6.07, 6.45) is 0.763. The maximum absolute atomic E-state index is 10.8. The summed E-state index contributed by atoms with van der Waals surface area (Å²) in [6, 6.07) is 4.74. The summed E-state index contributed by atoms with van der Waals surface area (Å²) < 4.78 is 21.6. The van der Waals surface area contributed by atoms with Crippen LogP contribution in [-0.4, -0.2) is 20.2 Å². The number of nitro groups is 1. The van der Waals surface area contributed by atoms with Crippen LogP contribution < -0.4 is 5.32 Å². The third-order valence-corrected chi connectivity index (χ3v) is 3.31. The van der Waals surface area contributed by atoms with E-state index in [0.717, 1.165) is 24.2 Å². The highest BCUT2D eigenvalue weighted by molar-refractivity contribution is 7.79. The van der Waals surface area contributed by atoms with Gasteiger partial charge in [0.25, 0.3) is 5.37 Å². The van der Waals surface area contributed by atoms with Gasteiger partial charge in [-0.05, 0) is 30.2 Å². The molecule has 2 rings (SSSR count). The molecule has 1 aliphatic rings. The lowest BCUT2D eigenvalue weighted by atomic mass is 10.1. The largest absolute Gasteiger partial charge is 0.767 e. The van der Waals surface area contributed by atoms with E-state index in [0.29, 0.717) is 0 Å². The molecule has 0 radical (unpaired) electrons. The van der Waals surface area contributed by atoms with E-state index in [1.165, 1.54) is 6.07 Å². The van der Waals surface area contributed by atoms with Gasteiger partial charge in [-0.25, -0.2) is 0 Å². The number of hydrogen-bond acceptors (Lipinski definition) is 5. The predicted molar refractivity (Wildman–Crippen MR) is 57.3 cm³/mol. The van der Waals surface area contributed by atoms with Crippen molar-refractivity contribution in [1.29, 1.82) is 0 Å². The Balaban J connectivity index is 2.39. The first-order valence-corrected chi connectivity index (χ1v) is 5.81. The summed E-state index contributed by atoms with van der Waals surface area (Å²) >= 11 is -2.75. The molecule has 1 heterocycles. The first-order chi connectivity index (χ1) is 7.59. The lowest BCUT2D eigenvalue weighted by Crippen LogP contribution is -2.15. The van der Waals surface area contributed by atoms with E-state index >= 15 is 0 Å². The fourth-order valence-electron chi connectivity index (χ4n) is 1.78. The van der Waals surface area contributed by atoms with Gasteiger partial charge in [0.15, 0.2) is 0 Å². The zero-order valence-corrected chi connectivity index (χ0v) is 9.03. The second-order valence-electron chi connectivity index (χ2n) is 3.49. The molecule has 0 saturated heterocycles. The van der Waals surface area contributed by atoms with Crippen LogP contribution in [0.2, 0.25) is 0 Å². The molecule has 0 amide bonds. The summed E-state index contributed by atoms with van der Waals surface area (Å²) in [7, 11) is 0.